The number of fused-ring (bicyclic) bond motifs is 1. The average Bonchev–Trinajstić information content (AvgIpc) is 3.10. The van der Waals surface area contributed by atoms with Crippen molar-refractivity contribution in [2.75, 3.05) is 13.7 Å². The van der Waals surface area contributed by atoms with E-state index < -0.39 is 0 Å². The first-order chi connectivity index (χ1) is 13.8. The summed E-state index contributed by atoms with van der Waals surface area (Å²) < 4.78 is 14.6. The zero-order valence-electron chi connectivity index (χ0n) is 15.6. The molecule has 5 heteroatoms. The van der Waals surface area contributed by atoms with Crippen LogP contribution in [-0.2, 0) is 6.54 Å². The van der Waals surface area contributed by atoms with Crippen molar-refractivity contribution < 1.29 is 9.47 Å². The van der Waals surface area contributed by atoms with Crippen LogP contribution in [-0.4, -0.2) is 23.3 Å². The third-order valence-electron chi connectivity index (χ3n) is 4.61. The molecule has 0 atom stereocenters. The lowest BCUT2D eigenvalue weighted by Crippen LogP contribution is -2.06. The van der Waals surface area contributed by atoms with Crippen molar-refractivity contribution in [1.29, 1.82) is 0 Å². The van der Waals surface area contributed by atoms with Gasteiger partial charge in [0.25, 0.3) is 0 Å². The minimum Gasteiger partial charge on any atom is -0.493 e. The average molecular weight is 437 g/mol. The van der Waals surface area contributed by atoms with Gasteiger partial charge in [-0.3, -0.25) is 0 Å². The smallest absolute Gasteiger partial charge is 0.161 e. The molecule has 28 heavy (non-hydrogen) atoms. The maximum absolute atomic E-state index is 5.93. The summed E-state index contributed by atoms with van der Waals surface area (Å²) in [5.41, 5.74) is 3.24. The van der Waals surface area contributed by atoms with Crippen molar-refractivity contribution >= 4 is 27.0 Å². The maximum atomic E-state index is 5.93. The van der Waals surface area contributed by atoms with Gasteiger partial charge in [0.2, 0.25) is 0 Å². The van der Waals surface area contributed by atoms with Crippen LogP contribution in [0.1, 0.15) is 6.42 Å². The quantitative estimate of drug-likeness (QED) is 0.336. The molecule has 4 rings (SSSR count). The molecular weight excluding hydrogens is 416 g/mol. The Balaban J connectivity index is 1.54. The summed E-state index contributed by atoms with van der Waals surface area (Å²) in [5, 5.41) is 0. The molecule has 1 heterocycles. The summed E-state index contributed by atoms with van der Waals surface area (Å²) in [5.74, 6) is 2.51. The van der Waals surface area contributed by atoms with Crippen molar-refractivity contribution in [2.45, 2.75) is 13.0 Å². The van der Waals surface area contributed by atoms with Crippen LogP contribution in [0.25, 0.3) is 22.4 Å². The molecule has 0 aliphatic carbocycles. The van der Waals surface area contributed by atoms with Crippen LogP contribution >= 0.6 is 15.9 Å². The Morgan fingerprint density at radius 2 is 1.61 bits per heavy atom. The summed E-state index contributed by atoms with van der Waals surface area (Å²) in [7, 11) is 1.66. The van der Waals surface area contributed by atoms with E-state index in [-0.39, 0.29) is 0 Å². The van der Waals surface area contributed by atoms with Gasteiger partial charge in [-0.05, 0) is 42.8 Å². The van der Waals surface area contributed by atoms with E-state index >= 15 is 0 Å². The molecule has 0 N–H and O–H groups in total. The first kappa shape index (κ1) is 18.6. The molecule has 0 saturated heterocycles. The van der Waals surface area contributed by atoms with Crippen LogP contribution < -0.4 is 9.47 Å². The number of hydrogen-bond donors (Lipinski definition) is 0. The molecule has 0 aliphatic rings. The van der Waals surface area contributed by atoms with E-state index in [1.165, 1.54) is 0 Å². The van der Waals surface area contributed by atoms with Gasteiger partial charge in [0, 0.05) is 16.6 Å². The molecule has 1 aromatic heterocycles. The van der Waals surface area contributed by atoms with Gasteiger partial charge in [-0.25, -0.2) is 4.98 Å². The van der Waals surface area contributed by atoms with Crippen LogP contribution in [0, 0.1) is 0 Å². The van der Waals surface area contributed by atoms with Crippen LogP contribution in [0.5, 0.6) is 11.5 Å². The molecule has 0 bridgehead atoms. The van der Waals surface area contributed by atoms with Gasteiger partial charge in [0.15, 0.2) is 11.5 Å². The summed E-state index contributed by atoms with van der Waals surface area (Å²) in [6.07, 6.45) is 0.863. The van der Waals surface area contributed by atoms with E-state index in [0.717, 1.165) is 51.4 Å². The zero-order valence-corrected chi connectivity index (χ0v) is 17.2. The van der Waals surface area contributed by atoms with Gasteiger partial charge < -0.3 is 14.0 Å². The third kappa shape index (κ3) is 3.90. The van der Waals surface area contributed by atoms with Crippen molar-refractivity contribution in [3.63, 3.8) is 0 Å². The highest BCUT2D eigenvalue weighted by atomic mass is 79.9. The highest BCUT2D eigenvalue weighted by Gasteiger charge is 2.12. The van der Waals surface area contributed by atoms with Crippen LogP contribution in [0.3, 0.4) is 0 Å². The number of hydrogen-bond acceptors (Lipinski definition) is 3. The molecule has 3 aromatic carbocycles. The van der Waals surface area contributed by atoms with Gasteiger partial charge in [0.1, 0.15) is 5.82 Å². The number of halogens is 1. The molecule has 0 aliphatic heterocycles. The highest BCUT2D eigenvalue weighted by molar-refractivity contribution is 9.10. The molecule has 4 nitrogen and oxygen atoms in total. The van der Waals surface area contributed by atoms with Crippen molar-refractivity contribution in [3.8, 4) is 22.9 Å². The molecule has 0 radical (unpaired) electrons. The van der Waals surface area contributed by atoms with Crippen LogP contribution in [0.15, 0.2) is 77.3 Å². The number of para-hydroxylation sites is 4. The van der Waals surface area contributed by atoms with E-state index in [1.54, 1.807) is 7.11 Å². The molecule has 0 unspecified atom stereocenters. The predicted molar refractivity (Wildman–Crippen MR) is 116 cm³/mol. The third-order valence-corrected chi connectivity index (χ3v) is 5.14. The highest BCUT2D eigenvalue weighted by Crippen LogP contribution is 2.28. The fraction of sp³-hybridized carbons (Fsp3) is 0.174. The van der Waals surface area contributed by atoms with Crippen LogP contribution in [0.2, 0.25) is 0 Å². The lowest BCUT2D eigenvalue weighted by molar-refractivity contribution is 0.283. The van der Waals surface area contributed by atoms with E-state index in [1.807, 2.05) is 42.5 Å². The Bertz CT molecular complexity index is 1070. The number of benzene rings is 3. The second-order valence-corrected chi connectivity index (χ2v) is 7.35. The topological polar surface area (TPSA) is 36.3 Å². The molecule has 0 amide bonds. The second-order valence-electron chi connectivity index (χ2n) is 6.44. The SMILES string of the molecule is COc1ccccc1OCCCn1c(-c2ccc(Br)cc2)nc2ccccc21. The van der Waals surface area contributed by atoms with E-state index in [2.05, 4.69) is 50.8 Å². The molecule has 0 spiro atoms. The van der Waals surface area contributed by atoms with E-state index in [0.29, 0.717) is 6.61 Å². The van der Waals surface area contributed by atoms with Gasteiger partial charge in [-0.15, -0.1) is 0 Å². The number of rotatable bonds is 7. The minimum atomic E-state index is 0.604. The Hall–Kier alpha value is -2.79. The maximum Gasteiger partial charge on any atom is 0.161 e. The van der Waals surface area contributed by atoms with E-state index in [9.17, 15) is 0 Å². The molecule has 4 aromatic rings. The Kier molecular flexibility index (Phi) is 5.63. The number of nitrogens with zero attached hydrogens (tertiary/aromatic N) is 2. The summed E-state index contributed by atoms with van der Waals surface area (Å²) in [6.45, 7) is 1.42. The second kappa shape index (κ2) is 8.48. The Labute approximate surface area is 172 Å². The Morgan fingerprint density at radius 1 is 0.893 bits per heavy atom. The fourth-order valence-corrected chi connectivity index (χ4v) is 3.53. The molecule has 0 saturated carbocycles. The van der Waals surface area contributed by atoms with Gasteiger partial charge in [-0.1, -0.05) is 52.3 Å². The first-order valence-corrected chi connectivity index (χ1v) is 10.0. The van der Waals surface area contributed by atoms with Gasteiger partial charge >= 0.3 is 0 Å². The standard InChI is InChI=1S/C23H21BrN2O2/c1-27-21-9-4-5-10-22(21)28-16-6-15-26-20-8-3-2-7-19(20)25-23(26)17-11-13-18(24)14-12-17/h2-5,7-14H,6,15-16H2,1H3. The summed E-state index contributed by atoms with van der Waals surface area (Å²) >= 11 is 3.50. The largest absolute Gasteiger partial charge is 0.493 e. The number of imidazole rings is 1. The van der Waals surface area contributed by atoms with E-state index in [4.69, 9.17) is 14.5 Å². The number of aryl methyl sites for hydroxylation is 1. The number of aromatic nitrogens is 2. The molecular formula is C23H21BrN2O2. The zero-order chi connectivity index (χ0) is 19.3. The summed E-state index contributed by atoms with van der Waals surface area (Å²) in [4.78, 5) is 4.86. The van der Waals surface area contributed by atoms with Crippen molar-refractivity contribution in [1.82, 2.24) is 9.55 Å². The molecule has 142 valence electrons. The minimum absolute atomic E-state index is 0.604. The molecule has 0 fully saturated rings. The lowest BCUT2D eigenvalue weighted by atomic mass is 10.2. The predicted octanol–water partition coefficient (Wildman–Crippen LogP) is 5.94. The monoisotopic (exact) mass is 436 g/mol. The number of ether oxygens (including phenoxy) is 2. The van der Waals surface area contributed by atoms with Crippen LogP contribution in [0.4, 0.5) is 0 Å². The first-order valence-electron chi connectivity index (χ1n) is 9.23. The number of methoxy groups -OCH3 is 1. The summed E-state index contributed by atoms with van der Waals surface area (Å²) in [6, 6.07) is 24.2. The fourth-order valence-electron chi connectivity index (χ4n) is 3.26. The Morgan fingerprint density at radius 3 is 2.39 bits per heavy atom. The normalized spacial score (nSPS) is 10.9. The van der Waals surface area contributed by atoms with Crippen molar-refractivity contribution in [2.24, 2.45) is 0 Å². The van der Waals surface area contributed by atoms with Crippen molar-refractivity contribution in [3.05, 3.63) is 77.3 Å². The van der Waals surface area contributed by atoms with Gasteiger partial charge in [0.05, 0.1) is 24.8 Å². The lowest BCUT2D eigenvalue weighted by Gasteiger charge is -2.12. The van der Waals surface area contributed by atoms with Gasteiger partial charge in [-0.2, -0.15) is 0 Å².